The van der Waals surface area contributed by atoms with Crippen molar-refractivity contribution >= 4 is 29.4 Å². The van der Waals surface area contributed by atoms with Gasteiger partial charge in [-0.3, -0.25) is 9.59 Å². The van der Waals surface area contributed by atoms with E-state index in [0.717, 1.165) is 60.1 Å². The minimum absolute atomic E-state index is 0.500. The summed E-state index contributed by atoms with van der Waals surface area (Å²) in [4.78, 5) is 26.4. The van der Waals surface area contributed by atoms with Crippen LogP contribution in [0.1, 0.15) is 42.7 Å². The standard InChI is InChI=1S/C22H31N5O2S/c1-5-26(6-2)11-7-10-23-21(28)22(29)24-20-17-13-30-14-18(17)25-27(20)19-9-8-15(3)12-16(19)4/h8-9,12H,5-7,10-11,13-14H2,1-4H3,(H,23,28)(H,24,29)/p+1. The van der Waals surface area contributed by atoms with Crippen LogP contribution in [0, 0.1) is 13.8 Å². The van der Waals surface area contributed by atoms with E-state index in [9.17, 15) is 9.59 Å². The van der Waals surface area contributed by atoms with Gasteiger partial charge in [0.1, 0.15) is 5.82 Å². The van der Waals surface area contributed by atoms with Crippen molar-refractivity contribution in [1.29, 1.82) is 0 Å². The second-order valence-electron chi connectivity index (χ2n) is 7.74. The first-order valence-corrected chi connectivity index (χ1v) is 11.8. The highest BCUT2D eigenvalue weighted by Gasteiger charge is 2.26. The molecule has 30 heavy (non-hydrogen) atoms. The minimum Gasteiger partial charge on any atom is -0.348 e. The van der Waals surface area contributed by atoms with E-state index in [1.165, 1.54) is 10.5 Å². The van der Waals surface area contributed by atoms with Gasteiger partial charge in [0.15, 0.2) is 0 Å². The number of nitrogens with zero attached hydrogens (tertiary/aromatic N) is 2. The zero-order valence-corrected chi connectivity index (χ0v) is 19.1. The molecule has 1 aromatic carbocycles. The summed E-state index contributed by atoms with van der Waals surface area (Å²) in [6, 6.07) is 6.12. The van der Waals surface area contributed by atoms with E-state index in [1.807, 2.05) is 26.0 Å². The lowest BCUT2D eigenvalue weighted by atomic mass is 10.1. The third-order valence-electron chi connectivity index (χ3n) is 5.56. The topological polar surface area (TPSA) is 80.5 Å². The molecular weight excluding hydrogens is 398 g/mol. The molecule has 162 valence electrons. The molecule has 0 unspecified atom stereocenters. The molecule has 8 heteroatoms. The Morgan fingerprint density at radius 1 is 1.17 bits per heavy atom. The fraction of sp³-hybridized carbons (Fsp3) is 0.500. The van der Waals surface area contributed by atoms with Crippen LogP contribution >= 0.6 is 11.8 Å². The molecule has 7 nitrogen and oxygen atoms in total. The minimum atomic E-state index is -0.643. The first-order chi connectivity index (χ1) is 14.4. The highest BCUT2D eigenvalue weighted by atomic mass is 32.2. The molecule has 0 fully saturated rings. The van der Waals surface area contributed by atoms with Crippen LogP contribution in [-0.4, -0.2) is 47.8 Å². The van der Waals surface area contributed by atoms with Gasteiger partial charge in [-0.05, 0) is 39.3 Å². The van der Waals surface area contributed by atoms with Gasteiger partial charge in [0.2, 0.25) is 0 Å². The van der Waals surface area contributed by atoms with E-state index in [2.05, 4.69) is 30.5 Å². The average molecular weight is 431 g/mol. The number of quaternary nitrogens is 1. The van der Waals surface area contributed by atoms with Gasteiger partial charge in [0.05, 0.1) is 31.0 Å². The van der Waals surface area contributed by atoms with Crippen molar-refractivity contribution in [2.75, 3.05) is 31.5 Å². The number of hydrogen-bond acceptors (Lipinski definition) is 4. The second-order valence-corrected chi connectivity index (χ2v) is 8.72. The number of aromatic nitrogens is 2. The van der Waals surface area contributed by atoms with Gasteiger partial charge in [-0.1, -0.05) is 17.7 Å². The summed E-state index contributed by atoms with van der Waals surface area (Å²) in [5.41, 5.74) is 5.13. The molecule has 2 aromatic rings. The highest BCUT2D eigenvalue weighted by molar-refractivity contribution is 7.98. The number of carbonyl (C=O) groups is 2. The largest absolute Gasteiger partial charge is 0.348 e. The van der Waals surface area contributed by atoms with Crippen LogP contribution in [-0.2, 0) is 21.1 Å². The Balaban J connectivity index is 1.70. The van der Waals surface area contributed by atoms with E-state index in [1.54, 1.807) is 16.4 Å². The number of fused-ring (bicyclic) bond motifs is 1. The number of aryl methyl sites for hydroxylation is 2. The molecule has 0 radical (unpaired) electrons. The van der Waals surface area contributed by atoms with Crippen molar-refractivity contribution in [3.05, 3.63) is 40.6 Å². The first-order valence-electron chi connectivity index (χ1n) is 10.6. The van der Waals surface area contributed by atoms with Gasteiger partial charge in [0.25, 0.3) is 0 Å². The normalized spacial score (nSPS) is 12.8. The van der Waals surface area contributed by atoms with Crippen LogP contribution < -0.4 is 15.5 Å². The van der Waals surface area contributed by atoms with Gasteiger partial charge in [-0.2, -0.15) is 16.9 Å². The fourth-order valence-electron chi connectivity index (χ4n) is 3.75. The third-order valence-corrected chi connectivity index (χ3v) is 6.53. The zero-order valence-electron chi connectivity index (χ0n) is 18.3. The molecule has 0 aliphatic carbocycles. The maximum Gasteiger partial charge on any atom is 0.314 e. The third kappa shape index (κ3) is 5.05. The summed E-state index contributed by atoms with van der Waals surface area (Å²) in [5, 5.41) is 10.3. The molecule has 0 saturated heterocycles. The Labute approximate surface area is 182 Å². The van der Waals surface area contributed by atoms with Gasteiger partial charge in [-0.15, -0.1) is 0 Å². The number of anilines is 1. The number of nitrogens with one attached hydrogen (secondary N) is 3. The van der Waals surface area contributed by atoms with Crippen molar-refractivity contribution in [3.8, 4) is 5.69 Å². The SMILES string of the molecule is CC[NH+](CC)CCCNC(=O)C(=O)Nc1c2c(nn1-c1ccc(C)cc1C)CSC2. The molecule has 0 atom stereocenters. The van der Waals surface area contributed by atoms with Crippen molar-refractivity contribution in [2.45, 2.75) is 45.6 Å². The van der Waals surface area contributed by atoms with Crippen LogP contribution in [0.15, 0.2) is 18.2 Å². The number of carbonyl (C=O) groups excluding carboxylic acids is 2. The molecule has 0 saturated carbocycles. The summed E-state index contributed by atoms with van der Waals surface area (Å²) < 4.78 is 1.77. The van der Waals surface area contributed by atoms with Gasteiger partial charge in [0, 0.05) is 30.0 Å². The van der Waals surface area contributed by atoms with Crippen molar-refractivity contribution < 1.29 is 14.5 Å². The molecule has 1 aliphatic rings. The molecular formula is C22H32N5O2S+. The van der Waals surface area contributed by atoms with Gasteiger partial charge in [-0.25, -0.2) is 4.68 Å². The lowest BCUT2D eigenvalue weighted by molar-refractivity contribution is -0.896. The number of benzene rings is 1. The summed E-state index contributed by atoms with van der Waals surface area (Å²) in [6.45, 7) is 12.0. The quantitative estimate of drug-likeness (QED) is 0.439. The van der Waals surface area contributed by atoms with E-state index < -0.39 is 11.8 Å². The molecule has 1 aliphatic heterocycles. The van der Waals surface area contributed by atoms with E-state index in [-0.39, 0.29) is 0 Å². The first kappa shape index (κ1) is 22.4. The number of amides is 2. The summed E-state index contributed by atoms with van der Waals surface area (Å²) in [7, 11) is 0. The second kappa shape index (κ2) is 10.1. The Morgan fingerprint density at radius 3 is 2.63 bits per heavy atom. The van der Waals surface area contributed by atoms with Crippen LogP contribution in [0.25, 0.3) is 5.69 Å². The van der Waals surface area contributed by atoms with Gasteiger partial charge >= 0.3 is 11.8 Å². The average Bonchev–Trinajstić information content (AvgIpc) is 3.30. The molecule has 0 bridgehead atoms. The van der Waals surface area contributed by atoms with Crippen LogP contribution in [0.5, 0.6) is 0 Å². The van der Waals surface area contributed by atoms with Crippen LogP contribution in [0.3, 0.4) is 0 Å². The molecule has 0 spiro atoms. The van der Waals surface area contributed by atoms with Crippen molar-refractivity contribution in [2.24, 2.45) is 0 Å². The summed E-state index contributed by atoms with van der Waals surface area (Å²) >= 11 is 1.76. The zero-order chi connectivity index (χ0) is 21.7. The smallest absolute Gasteiger partial charge is 0.314 e. The number of hydrogen-bond donors (Lipinski definition) is 3. The Kier molecular flexibility index (Phi) is 7.55. The fourth-order valence-corrected chi connectivity index (χ4v) is 4.78. The lowest BCUT2D eigenvalue weighted by Gasteiger charge is -2.15. The monoisotopic (exact) mass is 430 g/mol. The highest BCUT2D eigenvalue weighted by Crippen LogP contribution is 2.36. The number of thioether (sulfide) groups is 1. The predicted octanol–water partition coefficient (Wildman–Crippen LogP) is 1.61. The van der Waals surface area contributed by atoms with Crippen molar-refractivity contribution in [1.82, 2.24) is 15.1 Å². The predicted molar refractivity (Wildman–Crippen MR) is 121 cm³/mol. The van der Waals surface area contributed by atoms with Crippen LogP contribution in [0.4, 0.5) is 5.82 Å². The van der Waals surface area contributed by atoms with E-state index in [4.69, 9.17) is 5.10 Å². The molecule has 2 amide bonds. The number of rotatable bonds is 8. The maximum absolute atomic E-state index is 12.6. The van der Waals surface area contributed by atoms with Crippen LogP contribution in [0.2, 0.25) is 0 Å². The Hall–Kier alpha value is -2.32. The Morgan fingerprint density at radius 2 is 1.93 bits per heavy atom. The Bertz CT molecular complexity index is 920. The molecule has 2 heterocycles. The summed E-state index contributed by atoms with van der Waals surface area (Å²) in [5.74, 6) is 0.961. The van der Waals surface area contributed by atoms with E-state index >= 15 is 0 Å². The molecule has 3 N–H and O–H groups in total. The lowest BCUT2D eigenvalue weighted by Crippen LogP contribution is -3.11. The summed E-state index contributed by atoms with van der Waals surface area (Å²) in [6.07, 6.45) is 0.850. The molecule has 1 aromatic heterocycles. The molecule has 3 rings (SSSR count). The van der Waals surface area contributed by atoms with E-state index in [0.29, 0.717) is 12.4 Å². The van der Waals surface area contributed by atoms with Crippen molar-refractivity contribution in [3.63, 3.8) is 0 Å². The maximum atomic E-state index is 12.6. The van der Waals surface area contributed by atoms with Gasteiger partial charge < -0.3 is 15.5 Å².